The molecule has 0 radical (unpaired) electrons. The van der Waals surface area contributed by atoms with Crippen LogP contribution in [-0.4, -0.2) is 28.7 Å². The van der Waals surface area contributed by atoms with Crippen LogP contribution in [0, 0.1) is 5.82 Å². The summed E-state index contributed by atoms with van der Waals surface area (Å²) in [6, 6.07) is 4.74. The van der Waals surface area contributed by atoms with Crippen LogP contribution in [0.25, 0.3) is 0 Å². The minimum atomic E-state index is -0.569. The molecule has 0 aromatic heterocycles. The number of benzene rings is 1. The van der Waals surface area contributed by atoms with Gasteiger partial charge in [0.1, 0.15) is 11.4 Å². The smallest absolute Gasteiger partial charge is 0.412 e. The molecule has 6 heteroatoms. The summed E-state index contributed by atoms with van der Waals surface area (Å²) in [4.78, 5) is 11.8. The second-order valence-electron chi connectivity index (χ2n) is 6.79. The molecular formula is C17H25FN2O2S. The van der Waals surface area contributed by atoms with Crippen LogP contribution in [0.1, 0.15) is 40.5 Å². The summed E-state index contributed by atoms with van der Waals surface area (Å²) in [5, 5.41) is 6.35. The number of hydrogen-bond acceptors (Lipinski definition) is 4. The Balaban J connectivity index is 2.05. The number of carbonyl (C=O) groups excluding carboxylic acids is 1. The predicted molar refractivity (Wildman–Crippen MR) is 94.8 cm³/mol. The second kappa shape index (κ2) is 7.43. The van der Waals surface area contributed by atoms with Gasteiger partial charge in [-0.3, -0.25) is 5.32 Å². The van der Waals surface area contributed by atoms with Crippen molar-refractivity contribution in [3.05, 3.63) is 24.0 Å². The van der Waals surface area contributed by atoms with Crippen molar-refractivity contribution >= 4 is 29.2 Å². The van der Waals surface area contributed by atoms with Gasteiger partial charge in [0.05, 0.1) is 5.69 Å². The Labute approximate surface area is 141 Å². The SMILES string of the molecule is CC1SCCCC1Nc1cc(NC(=O)OC(C)(C)C)ccc1F. The average molecular weight is 340 g/mol. The minimum Gasteiger partial charge on any atom is -0.444 e. The van der Waals surface area contributed by atoms with E-state index in [1.165, 1.54) is 12.1 Å². The van der Waals surface area contributed by atoms with Gasteiger partial charge in [0.25, 0.3) is 0 Å². The van der Waals surface area contributed by atoms with E-state index < -0.39 is 11.7 Å². The highest BCUT2D eigenvalue weighted by Gasteiger charge is 2.23. The number of halogens is 1. The molecule has 1 amide bonds. The maximum absolute atomic E-state index is 14.0. The molecule has 2 atom stereocenters. The standard InChI is InChI=1S/C17H25FN2O2S/c1-11-14(6-5-9-23-11)20-15-10-12(7-8-13(15)18)19-16(21)22-17(2,3)4/h7-8,10-11,14,20H,5-6,9H2,1-4H3,(H,19,21). The van der Waals surface area contributed by atoms with Crippen LogP contribution >= 0.6 is 11.8 Å². The van der Waals surface area contributed by atoms with Gasteiger partial charge in [-0.25, -0.2) is 9.18 Å². The van der Waals surface area contributed by atoms with E-state index in [0.29, 0.717) is 16.6 Å². The fourth-order valence-electron chi connectivity index (χ4n) is 2.45. The van der Waals surface area contributed by atoms with Gasteiger partial charge < -0.3 is 10.1 Å². The number of nitrogens with one attached hydrogen (secondary N) is 2. The molecule has 1 heterocycles. The van der Waals surface area contributed by atoms with Crippen molar-refractivity contribution < 1.29 is 13.9 Å². The van der Waals surface area contributed by atoms with E-state index >= 15 is 0 Å². The molecule has 1 aromatic carbocycles. The second-order valence-corrected chi connectivity index (χ2v) is 8.28. The number of hydrogen-bond donors (Lipinski definition) is 2. The lowest BCUT2D eigenvalue weighted by atomic mass is 10.1. The third-order valence-electron chi connectivity index (χ3n) is 3.56. The Hall–Kier alpha value is -1.43. The van der Waals surface area contributed by atoms with Crippen LogP contribution in [-0.2, 0) is 4.74 Å². The van der Waals surface area contributed by atoms with Crippen molar-refractivity contribution in [2.75, 3.05) is 16.4 Å². The van der Waals surface area contributed by atoms with E-state index in [1.807, 2.05) is 11.8 Å². The normalized spacial score (nSPS) is 21.6. The lowest BCUT2D eigenvalue weighted by Crippen LogP contribution is -2.33. The van der Waals surface area contributed by atoms with Crippen molar-refractivity contribution in [3.63, 3.8) is 0 Å². The lowest BCUT2D eigenvalue weighted by molar-refractivity contribution is 0.0636. The molecule has 0 bridgehead atoms. The Bertz CT molecular complexity index is 560. The van der Waals surface area contributed by atoms with Gasteiger partial charge in [-0.1, -0.05) is 6.92 Å². The minimum absolute atomic E-state index is 0.236. The van der Waals surface area contributed by atoms with Gasteiger partial charge in [0.15, 0.2) is 0 Å². The zero-order valence-electron chi connectivity index (χ0n) is 14.1. The third-order valence-corrected chi connectivity index (χ3v) is 4.94. The molecule has 0 spiro atoms. The van der Waals surface area contributed by atoms with Crippen LogP contribution < -0.4 is 10.6 Å². The fraction of sp³-hybridized carbons (Fsp3) is 0.588. The van der Waals surface area contributed by atoms with Crippen LogP contribution in [0.3, 0.4) is 0 Å². The average Bonchev–Trinajstić information content (AvgIpc) is 2.43. The highest BCUT2D eigenvalue weighted by molar-refractivity contribution is 8.00. The summed E-state index contributed by atoms with van der Waals surface area (Å²) in [7, 11) is 0. The number of anilines is 2. The Morgan fingerprint density at radius 3 is 2.78 bits per heavy atom. The van der Waals surface area contributed by atoms with Crippen LogP contribution in [0.5, 0.6) is 0 Å². The molecule has 1 aromatic rings. The number of thioether (sulfide) groups is 1. The van der Waals surface area contributed by atoms with Gasteiger partial charge >= 0.3 is 6.09 Å². The molecule has 2 N–H and O–H groups in total. The van der Waals surface area contributed by atoms with Crippen LogP contribution in [0.2, 0.25) is 0 Å². The molecule has 23 heavy (non-hydrogen) atoms. The first-order chi connectivity index (χ1) is 10.7. The first kappa shape index (κ1) is 17.9. The Morgan fingerprint density at radius 1 is 1.39 bits per heavy atom. The first-order valence-electron chi connectivity index (χ1n) is 7.92. The predicted octanol–water partition coefficient (Wildman–Crippen LogP) is 4.87. The molecule has 4 nitrogen and oxygen atoms in total. The van der Waals surface area contributed by atoms with Gasteiger partial charge in [0.2, 0.25) is 0 Å². The Morgan fingerprint density at radius 2 is 2.13 bits per heavy atom. The third kappa shape index (κ3) is 5.61. The molecule has 0 saturated carbocycles. The quantitative estimate of drug-likeness (QED) is 0.824. The van der Waals surface area contributed by atoms with Gasteiger partial charge in [-0.05, 0) is 57.6 Å². The first-order valence-corrected chi connectivity index (χ1v) is 8.97. The molecule has 2 rings (SSSR count). The summed E-state index contributed by atoms with van der Waals surface area (Å²) in [6.45, 7) is 7.55. The summed E-state index contributed by atoms with van der Waals surface area (Å²) >= 11 is 1.90. The van der Waals surface area contributed by atoms with Gasteiger partial charge in [0, 0.05) is 17.0 Å². The van der Waals surface area contributed by atoms with Crippen molar-refractivity contribution in [1.29, 1.82) is 0 Å². The van der Waals surface area contributed by atoms with E-state index in [4.69, 9.17) is 4.74 Å². The molecular weight excluding hydrogens is 315 g/mol. The number of amides is 1. The zero-order chi connectivity index (χ0) is 17.0. The van der Waals surface area contributed by atoms with Crippen molar-refractivity contribution in [2.45, 2.75) is 57.4 Å². The fourth-order valence-corrected chi connectivity index (χ4v) is 3.59. The number of rotatable bonds is 3. The highest BCUT2D eigenvalue weighted by atomic mass is 32.2. The van der Waals surface area contributed by atoms with Crippen LogP contribution in [0.4, 0.5) is 20.6 Å². The molecule has 1 aliphatic heterocycles. The molecule has 128 valence electrons. The van der Waals surface area contributed by atoms with E-state index in [0.717, 1.165) is 18.6 Å². The summed E-state index contributed by atoms with van der Waals surface area (Å²) in [5.41, 5.74) is 0.358. The van der Waals surface area contributed by atoms with E-state index in [2.05, 4.69) is 17.6 Å². The highest BCUT2D eigenvalue weighted by Crippen LogP contribution is 2.29. The van der Waals surface area contributed by atoms with Crippen molar-refractivity contribution in [2.24, 2.45) is 0 Å². The molecule has 1 saturated heterocycles. The van der Waals surface area contributed by atoms with Crippen LogP contribution in [0.15, 0.2) is 18.2 Å². The van der Waals surface area contributed by atoms with E-state index in [1.54, 1.807) is 26.8 Å². The summed E-state index contributed by atoms with van der Waals surface area (Å²) in [6.07, 6.45) is 1.61. The monoisotopic (exact) mass is 340 g/mol. The maximum atomic E-state index is 14.0. The molecule has 2 unspecified atom stereocenters. The lowest BCUT2D eigenvalue weighted by Gasteiger charge is -2.30. The zero-order valence-corrected chi connectivity index (χ0v) is 14.9. The molecule has 0 aliphatic carbocycles. The summed E-state index contributed by atoms with van der Waals surface area (Å²) < 4.78 is 19.3. The van der Waals surface area contributed by atoms with Crippen molar-refractivity contribution in [3.8, 4) is 0 Å². The van der Waals surface area contributed by atoms with Gasteiger partial charge in [-0.2, -0.15) is 11.8 Å². The molecule has 1 fully saturated rings. The van der Waals surface area contributed by atoms with E-state index in [-0.39, 0.29) is 11.9 Å². The number of carbonyl (C=O) groups is 1. The largest absolute Gasteiger partial charge is 0.444 e. The maximum Gasteiger partial charge on any atom is 0.412 e. The topological polar surface area (TPSA) is 50.4 Å². The Kier molecular flexibility index (Phi) is 5.79. The van der Waals surface area contributed by atoms with Crippen molar-refractivity contribution in [1.82, 2.24) is 0 Å². The number of ether oxygens (including phenoxy) is 1. The van der Waals surface area contributed by atoms with Gasteiger partial charge in [-0.15, -0.1) is 0 Å². The summed E-state index contributed by atoms with van der Waals surface area (Å²) in [5.74, 6) is 0.838. The molecule has 1 aliphatic rings. The van der Waals surface area contributed by atoms with E-state index in [9.17, 15) is 9.18 Å².